The number of nitrogens with zero attached hydrogens (tertiary/aromatic N) is 1. The van der Waals surface area contributed by atoms with Crippen LogP contribution in [0.1, 0.15) is 26.3 Å². The number of hydrogen-bond donors (Lipinski definition) is 1. The fourth-order valence-electron chi connectivity index (χ4n) is 1.44. The molecule has 0 heterocycles. The fraction of sp³-hybridized carbons (Fsp3) is 0.462. The lowest BCUT2D eigenvalue weighted by atomic mass is 9.89. The van der Waals surface area contributed by atoms with Crippen LogP contribution in [0.3, 0.4) is 0 Å². The van der Waals surface area contributed by atoms with Crippen LogP contribution in [0.4, 0.5) is 4.39 Å². The van der Waals surface area contributed by atoms with Gasteiger partial charge in [-0.05, 0) is 12.1 Å². The third-order valence-corrected chi connectivity index (χ3v) is 2.54. The van der Waals surface area contributed by atoms with E-state index in [1.165, 1.54) is 12.1 Å². The zero-order valence-corrected chi connectivity index (χ0v) is 10.3. The average molecular weight is 236 g/mol. The third kappa shape index (κ3) is 3.18. The summed E-state index contributed by atoms with van der Waals surface area (Å²) in [4.78, 5) is 0. The molecule has 1 atom stereocenters. The first kappa shape index (κ1) is 13.5. The van der Waals surface area contributed by atoms with Crippen LogP contribution in [0.25, 0.3) is 0 Å². The number of hydrogen-bond acceptors (Lipinski definition) is 3. The third-order valence-electron chi connectivity index (χ3n) is 2.54. The number of benzene rings is 1. The number of ether oxygens (including phenoxy) is 1. The highest BCUT2D eigenvalue weighted by molar-refractivity contribution is 5.44. The molecule has 0 aliphatic carbocycles. The lowest BCUT2D eigenvalue weighted by Crippen LogP contribution is -2.38. The molecule has 0 saturated carbocycles. The maximum absolute atomic E-state index is 13.4. The van der Waals surface area contributed by atoms with Crippen LogP contribution in [0, 0.1) is 22.6 Å². The highest BCUT2D eigenvalue weighted by Gasteiger charge is 2.26. The summed E-state index contributed by atoms with van der Waals surface area (Å²) < 4.78 is 19.0. The van der Waals surface area contributed by atoms with Crippen molar-refractivity contribution in [1.29, 1.82) is 5.26 Å². The normalized spacial score (nSPS) is 12.9. The maximum Gasteiger partial charge on any atom is 0.144 e. The van der Waals surface area contributed by atoms with Gasteiger partial charge in [-0.25, -0.2) is 4.39 Å². The second-order valence-electron chi connectivity index (χ2n) is 4.93. The minimum absolute atomic E-state index is 0.0739. The summed E-state index contributed by atoms with van der Waals surface area (Å²) in [7, 11) is 0. The molecule has 4 heteroatoms. The van der Waals surface area contributed by atoms with Crippen molar-refractivity contribution in [3.05, 3.63) is 29.6 Å². The van der Waals surface area contributed by atoms with Crippen molar-refractivity contribution in [2.75, 3.05) is 6.54 Å². The molecule has 0 fully saturated rings. The molecule has 3 nitrogen and oxygen atoms in total. The Kier molecular flexibility index (Phi) is 4.08. The predicted octanol–water partition coefficient (Wildman–Crippen LogP) is 2.45. The smallest absolute Gasteiger partial charge is 0.144 e. The largest absolute Gasteiger partial charge is 0.487 e. The molecule has 0 bridgehead atoms. The Labute approximate surface area is 101 Å². The van der Waals surface area contributed by atoms with E-state index in [-0.39, 0.29) is 22.8 Å². The van der Waals surface area contributed by atoms with Gasteiger partial charge in [-0.1, -0.05) is 26.8 Å². The molecule has 0 aliphatic heterocycles. The summed E-state index contributed by atoms with van der Waals surface area (Å²) in [6.45, 7) is 6.26. The highest BCUT2D eigenvalue weighted by Crippen LogP contribution is 2.27. The molecule has 0 amide bonds. The van der Waals surface area contributed by atoms with Crippen molar-refractivity contribution in [2.24, 2.45) is 11.1 Å². The van der Waals surface area contributed by atoms with Gasteiger partial charge in [0.05, 0.1) is 0 Å². The van der Waals surface area contributed by atoms with E-state index in [4.69, 9.17) is 15.7 Å². The summed E-state index contributed by atoms with van der Waals surface area (Å²) in [6.07, 6.45) is -0.267. The Morgan fingerprint density at radius 1 is 1.47 bits per heavy atom. The zero-order valence-electron chi connectivity index (χ0n) is 10.3. The van der Waals surface area contributed by atoms with E-state index in [0.29, 0.717) is 6.54 Å². The number of nitrogens with two attached hydrogens (primary N) is 1. The quantitative estimate of drug-likeness (QED) is 0.876. The van der Waals surface area contributed by atoms with Gasteiger partial charge in [-0.3, -0.25) is 0 Å². The van der Waals surface area contributed by atoms with E-state index in [1.54, 1.807) is 12.1 Å². The van der Waals surface area contributed by atoms with E-state index in [0.717, 1.165) is 0 Å². The number of rotatable bonds is 3. The van der Waals surface area contributed by atoms with Gasteiger partial charge < -0.3 is 10.5 Å². The second kappa shape index (κ2) is 5.15. The molecular formula is C13H17FN2O. The predicted molar refractivity (Wildman–Crippen MR) is 64.0 cm³/mol. The highest BCUT2D eigenvalue weighted by atomic mass is 19.1. The van der Waals surface area contributed by atoms with E-state index in [1.807, 2.05) is 20.8 Å². The minimum atomic E-state index is -0.574. The SMILES string of the molecule is CC(C)(C)C(CN)Oc1cccc(F)c1C#N. The molecule has 0 radical (unpaired) electrons. The van der Waals surface area contributed by atoms with Crippen LogP contribution < -0.4 is 10.5 Å². The van der Waals surface area contributed by atoms with Crippen molar-refractivity contribution in [3.8, 4) is 11.8 Å². The standard InChI is InChI=1S/C13H17FN2O/c1-13(2,3)12(8-16)17-11-6-4-5-10(14)9(11)7-15/h4-6,12H,8,16H2,1-3H3. The van der Waals surface area contributed by atoms with Crippen LogP contribution >= 0.6 is 0 Å². The van der Waals surface area contributed by atoms with Crippen molar-refractivity contribution < 1.29 is 9.13 Å². The van der Waals surface area contributed by atoms with Crippen LogP contribution in [-0.4, -0.2) is 12.6 Å². The molecule has 0 aliphatic rings. The summed E-state index contributed by atoms with van der Waals surface area (Å²) in [5, 5.41) is 8.89. The van der Waals surface area contributed by atoms with Gasteiger partial charge in [0.2, 0.25) is 0 Å². The summed E-state index contributed by atoms with van der Waals surface area (Å²) in [6, 6.07) is 6.14. The van der Waals surface area contributed by atoms with Crippen LogP contribution in [-0.2, 0) is 0 Å². The Balaban J connectivity index is 3.03. The van der Waals surface area contributed by atoms with E-state index in [9.17, 15) is 4.39 Å². The van der Waals surface area contributed by atoms with Crippen molar-refractivity contribution >= 4 is 0 Å². The Morgan fingerprint density at radius 2 is 2.12 bits per heavy atom. The number of halogens is 1. The van der Waals surface area contributed by atoms with Gasteiger partial charge in [-0.15, -0.1) is 0 Å². The molecule has 2 N–H and O–H groups in total. The van der Waals surface area contributed by atoms with Crippen molar-refractivity contribution in [3.63, 3.8) is 0 Å². The monoisotopic (exact) mass is 236 g/mol. The van der Waals surface area contributed by atoms with Crippen molar-refractivity contribution in [2.45, 2.75) is 26.9 Å². The molecule has 17 heavy (non-hydrogen) atoms. The van der Waals surface area contributed by atoms with Gasteiger partial charge in [0.25, 0.3) is 0 Å². The molecule has 92 valence electrons. The Morgan fingerprint density at radius 3 is 2.59 bits per heavy atom. The molecule has 0 saturated heterocycles. The first-order valence-corrected chi connectivity index (χ1v) is 5.45. The number of nitriles is 1. The van der Waals surface area contributed by atoms with Crippen LogP contribution in [0.2, 0.25) is 0 Å². The average Bonchev–Trinajstić information content (AvgIpc) is 2.24. The minimum Gasteiger partial charge on any atom is -0.487 e. The Bertz CT molecular complexity index is 432. The first-order chi connectivity index (χ1) is 7.90. The lowest BCUT2D eigenvalue weighted by molar-refractivity contribution is 0.0935. The molecule has 1 aromatic carbocycles. The van der Waals surface area contributed by atoms with Gasteiger partial charge in [0.15, 0.2) is 0 Å². The molecule has 0 aromatic heterocycles. The first-order valence-electron chi connectivity index (χ1n) is 5.45. The lowest BCUT2D eigenvalue weighted by Gasteiger charge is -2.30. The molecule has 1 rings (SSSR count). The fourth-order valence-corrected chi connectivity index (χ4v) is 1.44. The summed E-state index contributed by atoms with van der Waals surface area (Å²) in [5.41, 5.74) is 5.39. The van der Waals surface area contributed by atoms with E-state index >= 15 is 0 Å². The van der Waals surface area contributed by atoms with Gasteiger partial charge in [0.1, 0.15) is 29.3 Å². The van der Waals surface area contributed by atoms with E-state index < -0.39 is 5.82 Å². The maximum atomic E-state index is 13.4. The Hall–Kier alpha value is -1.60. The van der Waals surface area contributed by atoms with Crippen LogP contribution in [0.5, 0.6) is 5.75 Å². The van der Waals surface area contributed by atoms with Crippen molar-refractivity contribution in [1.82, 2.24) is 0 Å². The van der Waals surface area contributed by atoms with Crippen LogP contribution in [0.15, 0.2) is 18.2 Å². The van der Waals surface area contributed by atoms with Gasteiger partial charge in [-0.2, -0.15) is 5.26 Å². The van der Waals surface area contributed by atoms with Gasteiger partial charge >= 0.3 is 0 Å². The second-order valence-corrected chi connectivity index (χ2v) is 4.93. The summed E-state index contributed by atoms with van der Waals surface area (Å²) in [5.74, 6) is -0.326. The summed E-state index contributed by atoms with van der Waals surface area (Å²) >= 11 is 0. The van der Waals surface area contributed by atoms with E-state index in [2.05, 4.69) is 0 Å². The van der Waals surface area contributed by atoms with Gasteiger partial charge in [0, 0.05) is 12.0 Å². The zero-order chi connectivity index (χ0) is 13.1. The molecule has 1 aromatic rings. The molecular weight excluding hydrogens is 219 g/mol. The molecule has 1 unspecified atom stereocenters. The molecule has 0 spiro atoms. The topological polar surface area (TPSA) is 59.0 Å².